The van der Waals surface area contributed by atoms with Crippen molar-refractivity contribution in [2.45, 2.75) is 25.2 Å². The SMILES string of the molecule is CCCNc1sc(C(C)=O)c(N)c1SC. The Morgan fingerprint density at radius 2 is 2.27 bits per heavy atom. The molecule has 1 aromatic rings. The number of thiophene rings is 1. The zero-order valence-corrected chi connectivity index (χ0v) is 10.8. The number of carbonyl (C=O) groups excluding carboxylic acids is 1. The van der Waals surface area contributed by atoms with E-state index in [0.717, 1.165) is 22.9 Å². The number of ketones is 1. The first-order valence-electron chi connectivity index (χ1n) is 4.82. The van der Waals surface area contributed by atoms with Crippen molar-refractivity contribution >= 4 is 39.6 Å². The molecule has 0 aliphatic carbocycles. The molecule has 0 fully saturated rings. The number of nitrogens with one attached hydrogen (secondary N) is 1. The van der Waals surface area contributed by atoms with Gasteiger partial charge in [-0.3, -0.25) is 4.79 Å². The average molecular weight is 244 g/mol. The largest absolute Gasteiger partial charge is 0.396 e. The van der Waals surface area contributed by atoms with E-state index in [0.29, 0.717) is 10.6 Å². The second kappa shape index (κ2) is 5.42. The highest BCUT2D eigenvalue weighted by molar-refractivity contribution is 7.99. The highest BCUT2D eigenvalue weighted by atomic mass is 32.2. The summed E-state index contributed by atoms with van der Waals surface area (Å²) in [5.41, 5.74) is 6.54. The summed E-state index contributed by atoms with van der Waals surface area (Å²) in [6.45, 7) is 4.56. The Bertz CT molecular complexity index is 361. The van der Waals surface area contributed by atoms with Gasteiger partial charge in [-0.1, -0.05) is 6.92 Å². The molecule has 0 spiro atoms. The van der Waals surface area contributed by atoms with Gasteiger partial charge in [-0.2, -0.15) is 0 Å². The molecule has 0 amide bonds. The van der Waals surface area contributed by atoms with Gasteiger partial charge in [0.05, 0.1) is 15.5 Å². The number of hydrogen-bond donors (Lipinski definition) is 2. The van der Waals surface area contributed by atoms with Gasteiger partial charge in [0.25, 0.3) is 0 Å². The van der Waals surface area contributed by atoms with Crippen LogP contribution in [0, 0.1) is 0 Å². The van der Waals surface area contributed by atoms with E-state index < -0.39 is 0 Å². The Kier molecular flexibility index (Phi) is 4.47. The number of nitrogens with two attached hydrogens (primary N) is 1. The molecule has 84 valence electrons. The molecule has 0 radical (unpaired) electrons. The predicted octanol–water partition coefficient (Wildman–Crippen LogP) is 3.08. The molecule has 0 aliphatic heterocycles. The van der Waals surface area contributed by atoms with Gasteiger partial charge in [-0.15, -0.1) is 23.1 Å². The minimum absolute atomic E-state index is 0.0392. The molecule has 3 N–H and O–H groups in total. The fourth-order valence-corrected chi connectivity index (χ4v) is 3.20. The van der Waals surface area contributed by atoms with E-state index >= 15 is 0 Å². The number of thioether (sulfide) groups is 1. The average Bonchev–Trinajstić information content (AvgIpc) is 2.52. The maximum Gasteiger partial charge on any atom is 0.171 e. The van der Waals surface area contributed by atoms with Crippen molar-refractivity contribution in [3.05, 3.63) is 4.88 Å². The van der Waals surface area contributed by atoms with Crippen molar-refractivity contribution in [3.63, 3.8) is 0 Å². The molecule has 0 atom stereocenters. The van der Waals surface area contributed by atoms with Crippen LogP contribution in [0.4, 0.5) is 10.7 Å². The van der Waals surface area contributed by atoms with Gasteiger partial charge in [0.1, 0.15) is 5.00 Å². The summed E-state index contributed by atoms with van der Waals surface area (Å²) in [5, 5.41) is 4.32. The molecule has 0 aromatic carbocycles. The lowest BCUT2D eigenvalue weighted by Crippen LogP contribution is -1.98. The fourth-order valence-electron chi connectivity index (χ4n) is 1.25. The van der Waals surface area contributed by atoms with Crippen molar-refractivity contribution in [1.82, 2.24) is 0 Å². The normalized spacial score (nSPS) is 10.3. The first-order valence-corrected chi connectivity index (χ1v) is 6.87. The number of nitrogen functional groups attached to an aromatic ring is 1. The third-order valence-electron chi connectivity index (χ3n) is 1.96. The molecule has 0 saturated heterocycles. The van der Waals surface area contributed by atoms with Gasteiger partial charge in [-0.25, -0.2) is 0 Å². The maximum absolute atomic E-state index is 11.3. The molecular weight excluding hydrogens is 228 g/mol. The smallest absolute Gasteiger partial charge is 0.171 e. The summed E-state index contributed by atoms with van der Waals surface area (Å²) in [4.78, 5) is 13.0. The lowest BCUT2D eigenvalue weighted by Gasteiger charge is -2.03. The van der Waals surface area contributed by atoms with E-state index in [1.54, 1.807) is 18.7 Å². The summed E-state index contributed by atoms with van der Waals surface area (Å²) < 4.78 is 0. The number of Topliss-reactive ketones (excluding diaryl/α,β-unsaturated/α-hetero) is 1. The van der Waals surface area contributed by atoms with Crippen LogP contribution < -0.4 is 11.1 Å². The van der Waals surface area contributed by atoms with Crippen molar-refractivity contribution < 1.29 is 4.79 Å². The highest BCUT2D eigenvalue weighted by Gasteiger charge is 2.17. The maximum atomic E-state index is 11.3. The Morgan fingerprint density at radius 1 is 1.60 bits per heavy atom. The van der Waals surface area contributed by atoms with Gasteiger partial charge in [-0.05, 0) is 12.7 Å². The molecule has 5 heteroatoms. The molecule has 3 nitrogen and oxygen atoms in total. The molecular formula is C10H16N2OS2. The van der Waals surface area contributed by atoms with E-state index in [1.165, 1.54) is 11.3 Å². The minimum Gasteiger partial charge on any atom is -0.396 e. The minimum atomic E-state index is 0.0392. The lowest BCUT2D eigenvalue weighted by molar-refractivity contribution is 0.102. The standard InChI is InChI=1S/C10H16N2OS2/c1-4-5-12-10-9(14-3)7(11)8(15-10)6(2)13/h12H,4-5,11H2,1-3H3. The third-order valence-corrected chi connectivity index (χ3v) is 4.18. The predicted molar refractivity (Wildman–Crippen MR) is 69.3 cm³/mol. The van der Waals surface area contributed by atoms with Gasteiger partial charge >= 0.3 is 0 Å². The van der Waals surface area contributed by atoms with Crippen molar-refractivity contribution in [3.8, 4) is 0 Å². The summed E-state index contributed by atoms with van der Waals surface area (Å²) in [6.07, 6.45) is 3.03. The van der Waals surface area contributed by atoms with Crippen LogP contribution >= 0.6 is 23.1 Å². The molecule has 1 rings (SSSR count). The summed E-state index contributed by atoms with van der Waals surface area (Å²) in [6, 6.07) is 0. The number of anilines is 2. The van der Waals surface area contributed by atoms with Crippen LogP contribution in [0.3, 0.4) is 0 Å². The molecule has 1 aromatic heterocycles. The van der Waals surface area contributed by atoms with Gasteiger partial charge in [0.2, 0.25) is 0 Å². The topological polar surface area (TPSA) is 55.1 Å². The summed E-state index contributed by atoms with van der Waals surface area (Å²) in [5.74, 6) is 0.0392. The van der Waals surface area contributed by atoms with Gasteiger partial charge in [0, 0.05) is 13.5 Å². The lowest BCUT2D eigenvalue weighted by atomic mass is 10.3. The van der Waals surface area contributed by atoms with Crippen LogP contribution in [-0.4, -0.2) is 18.6 Å². The number of rotatable bonds is 5. The Balaban J connectivity index is 3.04. The van der Waals surface area contributed by atoms with Crippen LogP contribution in [-0.2, 0) is 0 Å². The van der Waals surface area contributed by atoms with Crippen LogP contribution in [0.25, 0.3) is 0 Å². The van der Waals surface area contributed by atoms with Crippen molar-refractivity contribution in [1.29, 1.82) is 0 Å². The second-order valence-corrected chi connectivity index (χ2v) is 5.03. The molecule has 0 saturated carbocycles. The molecule has 15 heavy (non-hydrogen) atoms. The first-order chi connectivity index (χ1) is 7.11. The van der Waals surface area contributed by atoms with Crippen molar-refractivity contribution in [2.75, 3.05) is 23.9 Å². The Morgan fingerprint density at radius 3 is 2.73 bits per heavy atom. The van der Waals surface area contributed by atoms with Crippen LogP contribution in [0.5, 0.6) is 0 Å². The second-order valence-electron chi connectivity index (χ2n) is 3.19. The van der Waals surface area contributed by atoms with Gasteiger partial charge < -0.3 is 11.1 Å². The summed E-state index contributed by atoms with van der Waals surface area (Å²) in [7, 11) is 0. The molecule has 0 aliphatic rings. The monoisotopic (exact) mass is 244 g/mol. The third kappa shape index (κ3) is 2.66. The number of carbonyl (C=O) groups is 1. The van der Waals surface area contributed by atoms with Crippen molar-refractivity contribution in [2.24, 2.45) is 0 Å². The van der Waals surface area contributed by atoms with E-state index in [4.69, 9.17) is 5.73 Å². The molecule has 0 bridgehead atoms. The van der Waals surface area contributed by atoms with E-state index in [9.17, 15) is 4.79 Å². The molecule has 1 heterocycles. The van der Waals surface area contributed by atoms with Crippen LogP contribution in [0.2, 0.25) is 0 Å². The number of hydrogen-bond acceptors (Lipinski definition) is 5. The van der Waals surface area contributed by atoms with E-state index in [-0.39, 0.29) is 5.78 Å². The van der Waals surface area contributed by atoms with Gasteiger partial charge in [0.15, 0.2) is 5.78 Å². The van der Waals surface area contributed by atoms with Crippen LogP contribution in [0.1, 0.15) is 29.9 Å². The fraction of sp³-hybridized carbons (Fsp3) is 0.500. The Labute approximate surface area is 98.4 Å². The van der Waals surface area contributed by atoms with E-state index in [1.807, 2.05) is 6.26 Å². The van der Waals surface area contributed by atoms with Crippen LogP contribution in [0.15, 0.2) is 4.90 Å². The zero-order valence-electron chi connectivity index (χ0n) is 9.22. The first kappa shape index (κ1) is 12.4. The zero-order chi connectivity index (χ0) is 11.4. The quantitative estimate of drug-likeness (QED) is 0.617. The molecule has 0 unspecified atom stereocenters. The highest BCUT2D eigenvalue weighted by Crippen LogP contribution is 2.41. The Hall–Kier alpha value is -0.680. The van der Waals surface area contributed by atoms with E-state index in [2.05, 4.69) is 12.2 Å². The summed E-state index contributed by atoms with van der Waals surface area (Å²) >= 11 is 3.03.